The summed E-state index contributed by atoms with van der Waals surface area (Å²) in [6, 6.07) is -0.00241. The van der Waals surface area contributed by atoms with Crippen LogP contribution in [0.5, 0.6) is 0 Å². The third-order valence-corrected chi connectivity index (χ3v) is 2.67. The van der Waals surface area contributed by atoms with Crippen molar-refractivity contribution in [3.8, 4) is 0 Å². The Labute approximate surface area is 98.8 Å². The zero-order valence-electron chi connectivity index (χ0n) is 10.6. The number of hydrogen-bond donors (Lipinski definition) is 2. The number of hydrogen-bond acceptors (Lipinski definition) is 3. The summed E-state index contributed by atoms with van der Waals surface area (Å²) in [5.41, 5.74) is 5.82. The van der Waals surface area contributed by atoms with E-state index in [0.717, 1.165) is 38.6 Å². The molecule has 96 valence electrons. The Morgan fingerprint density at radius 3 is 2.62 bits per heavy atom. The molecule has 0 aromatic heterocycles. The minimum absolute atomic E-state index is 0.00241. The van der Waals surface area contributed by atoms with Gasteiger partial charge in [0.05, 0.1) is 0 Å². The van der Waals surface area contributed by atoms with Gasteiger partial charge in [-0.1, -0.05) is 13.3 Å². The van der Waals surface area contributed by atoms with E-state index < -0.39 is 0 Å². The molecule has 0 radical (unpaired) electrons. The molecule has 1 unspecified atom stereocenters. The van der Waals surface area contributed by atoms with Crippen LogP contribution < -0.4 is 5.73 Å². The predicted octanol–water partition coefficient (Wildman–Crippen LogP) is 1.12. The first-order valence-corrected chi connectivity index (χ1v) is 6.22. The molecule has 0 aliphatic carbocycles. The first kappa shape index (κ1) is 15.4. The Hall–Kier alpha value is -0.610. The molecule has 0 bridgehead atoms. The van der Waals surface area contributed by atoms with E-state index in [9.17, 15) is 4.79 Å². The van der Waals surface area contributed by atoms with Gasteiger partial charge in [0, 0.05) is 32.7 Å². The van der Waals surface area contributed by atoms with Crippen molar-refractivity contribution in [1.82, 2.24) is 4.90 Å². The molecular weight excluding hydrogens is 204 g/mol. The van der Waals surface area contributed by atoms with Crippen molar-refractivity contribution in [2.75, 3.05) is 20.2 Å². The summed E-state index contributed by atoms with van der Waals surface area (Å²) in [6.07, 6.45) is 5.11. The Balaban J connectivity index is 3.64. The van der Waals surface area contributed by atoms with E-state index in [0.29, 0.717) is 6.42 Å². The molecule has 4 nitrogen and oxygen atoms in total. The highest BCUT2D eigenvalue weighted by Gasteiger charge is 2.12. The van der Waals surface area contributed by atoms with Gasteiger partial charge >= 0.3 is 0 Å². The van der Waals surface area contributed by atoms with Crippen molar-refractivity contribution in [2.24, 2.45) is 5.73 Å². The standard InChI is InChI=1S/C12H26N2O2/c1-3-7-11(13)10-12(16)14(2)8-5-4-6-9-15/h11,15H,3-10,13H2,1-2H3. The fraction of sp³-hybridized carbons (Fsp3) is 0.917. The number of nitrogens with two attached hydrogens (primary N) is 1. The minimum Gasteiger partial charge on any atom is -0.396 e. The number of unbranched alkanes of at least 4 members (excludes halogenated alkanes) is 2. The number of aliphatic hydroxyl groups excluding tert-OH is 1. The van der Waals surface area contributed by atoms with Crippen LogP contribution in [0.25, 0.3) is 0 Å². The molecule has 0 fully saturated rings. The van der Waals surface area contributed by atoms with Gasteiger partial charge in [-0.15, -0.1) is 0 Å². The second-order valence-corrected chi connectivity index (χ2v) is 4.35. The Morgan fingerprint density at radius 1 is 1.38 bits per heavy atom. The quantitative estimate of drug-likeness (QED) is 0.583. The SMILES string of the molecule is CCCC(N)CC(=O)N(C)CCCCCO. The lowest BCUT2D eigenvalue weighted by molar-refractivity contribution is -0.130. The van der Waals surface area contributed by atoms with Crippen LogP contribution in [0.15, 0.2) is 0 Å². The van der Waals surface area contributed by atoms with Crippen molar-refractivity contribution in [2.45, 2.75) is 51.5 Å². The van der Waals surface area contributed by atoms with Crippen LogP contribution >= 0.6 is 0 Å². The number of rotatable bonds is 9. The average molecular weight is 230 g/mol. The molecule has 0 aliphatic heterocycles. The van der Waals surface area contributed by atoms with Crippen LogP contribution in [0.1, 0.15) is 45.4 Å². The summed E-state index contributed by atoms with van der Waals surface area (Å²) in [7, 11) is 1.82. The van der Waals surface area contributed by atoms with E-state index in [2.05, 4.69) is 6.92 Å². The number of aliphatic hydroxyl groups is 1. The molecule has 0 aromatic carbocycles. The Bertz CT molecular complexity index is 186. The second kappa shape index (κ2) is 9.60. The molecule has 0 spiro atoms. The second-order valence-electron chi connectivity index (χ2n) is 4.35. The van der Waals surface area contributed by atoms with E-state index in [4.69, 9.17) is 10.8 Å². The highest BCUT2D eigenvalue weighted by Crippen LogP contribution is 2.03. The molecule has 1 amide bonds. The van der Waals surface area contributed by atoms with E-state index in [1.54, 1.807) is 4.90 Å². The van der Waals surface area contributed by atoms with Crippen LogP contribution in [0.3, 0.4) is 0 Å². The molecule has 0 heterocycles. The lowest BCUT2D eigenvalue weighted by Crippen LogP contribution is -2.33. The molecule has 0 aromatic rings. The summed E-state index contributed by atoms with van der Waals surface area (Å²) in [6.45, 7) is 3.07. The zero-order chi connectivity index (χ0) is 12.4. The van der Waals surface area contributed by atoms with Gasteiger partial charge in [-0.3, -0.25) is 4.79 Å². The van der Waals surface area contributed by atoms with Gasteiger partial charge in [0.15, 0.2) is 0 Å². The van der Waals surface area contributed by atoms with Gasteiger partial charge in [0.2, 0.25) is 5.91 Å². The molecule has 0 saturated heterocycles. The third kappa shape index (κ3) is 7.65. The lowest BCUT2D eigenvalue weighted by atomic mass is 10.1. The zero-order valence-corrected chi connectivity index (χ0v) is 10.6. The molecular formula is C12H26N2O2. The number of amides is 1. The van der Waals surface area contributed by atoms with Gasteiger partial charge in [0.25, 0.3) is 0 Å². The van der Waals surface area contributed by atoms with Crippen LogP contribution in [0.4, 0.5) is 0 Å². The molecule has 0 aliphatic rings. The Morgan fingerprint density at radius 2 is 2.06 bits per heavy atom. The smallest absolute Gasteiger partial charge is 0.223 e. The first-order chi connectivity index (χ1) is 7.61. The molecule has 3 N–H and O–H groups in total. The fourth-order valence-corrected chi connectivity index (χ4v) is 1.62. The highest BCUT2D eigenvalue weighted by atomic mass is 16.2. The van der Waals surface area contributed by atoms with Crippen molar-refractivity contribution < 1.29 is 9.90 Å². The van der Waals surface area contributed by atoms with Crippen LogP contribution in [0, 0.1) is 0 Å². The van der Waals surface area contributed by atoms with Crippen molar-refractivity contribution >= 4 is 5.91 Å². The van der Waals surface area contributed by atoms with Gasteiger partial charge in [-0.05, 0) is 25.7 Å². The summed E-state index contributed by atoms with van der Waals surface area (Å²) in [5.74, 6) is 0.130. The lowest BCUT2D eigenvalue weighted by Gasteiger charge is -2.19. The van der Waals surface area contributed by atoms with Crippen LogP contribution in [0.2, 0.25) is 0 Å². The van der Waals surface area contributed by atoms with Crippen LogP contribution in [-0.2, 0) is 4.79 Å². The molecule has 16 heavy (non-hydrogen) atoms. The maximum Gasteiger partial charge on any atom is 0.223 e. The number of carbonyl (C=O) groups is 1. The van der Waals surface area contributed by atoms with Gasteiger partial charge in [0.1, 0.15) is 0 Å². The van der Waals surface area contributed by atoms with Gasteiger partial charge < -0.3 is 15.7 Å². The summed E-state index contributed by atoms with van der Waals surface area (Å²) in [5, 5.41) is 8.62. The van der Waals surface area contributed by atoms with Crippen LogP contribution in [-0.4, -0.2) is 42.2 Å². The molecule has 0 saturated carbocycles. The van der Waals surface area contributed by atoms with Crippen molar-refractivity contribution in [3.63, 3.8) is 0 Å². The fourth-order valence-electron chi connectivity index (χ4n) is 1.62. The van der Waals surface area contributed by atoms with E-state index in [1.165, 1.54) is 0 Å². The Kier molecular flexibility index (Phi) is 9.24. The summed E-state index contributed by atoms with van der Waals surface area (Å²) in [4.78, 5) is 13.4. The van der Waals surface area contributed by atoms with E-state index in [1.807, 2.05) is 7.05 Å². The largest absolute Gasteiger partial charge is 0.396 e. The van der Waals surface area contributed by atoms with E-state index in [-0.39, 0.29) is 18.6 Å². The van der Waals surface area contributed by atoms with Crippen molar-refractivity contribution in [1.29, 1.82) is 0 Å². The molecule has 4 heteroatoms. The summed E-state index contributed by atoms with van der Waals surface area (Å²) < 4.78 is 0. The monoisotopic (exact) mass is 230 g/mol. The average Bonchev–Trinajstić information content (AvgIpc) is 2.24. The molecule has 1 atom stereocenters. The van der Waals surface area contributed by atoms with Gasteiger partial charge in [-0.2, -0.15) is 0 Å². The highest BCUT2D eigenvalue weighted by molar-refractivity contribution is 5.76. The summed E-state index contributed by atoms with van der Waals surface area (Å²) >= 11 is 0. The first-order valence-electron chi connectivity index (χ1n) is 6.22. The predicted molar refractivity (Wildman–Crippen MR) is 66.1 cm³/mol. The third-order valence-electron chi connectivity index (χ3n) is 2.67. The minimum atomic E-state index is -0.00241. The van der Waals surface area contributed by atoms with Gasteiger partial charge in [-0.25, -0.2) is 0 Å². The molecule has 0 rings (SSSR count). The normalized spacial score (nSPS) is 12.5. The maximum atomic E-state index is 11.7. The topological polar surface area (TPSA) is 66.6 Å². The maximum absolute atomic E-state index is 11.7. The number of nitrogens with zero attached hydrogens (tertiary/aromatic N) is 1. The number of carbonyl (C=O) groups excluding carboxylic acids is 1. The van der Waals surface area contributed by atoms with Crippen molar-refractivity contribution in [3.05, 3.63) is 0 Å². The van der Waals surface area contributed by atoms with E-state index >= 15 is 0 Å².